The molecule has 1 N–H and O–H groups in total. The lowest BCUT2D eigenvalue weighted by molar-refractivity contribution is -0.384. The maximum absolute atomic E-state index is 12.8. The lowest BCUT2D eigenvalue weighted by atomic mass is 9.96. The minimum absolute atomic E-state index is 0.0371. The van der Waals surface area contributed by atoms with Crippen LogP contribution in [0.2, 0.25) is 0 Å². The summed E-state index contributed by atoms with van der Waals surface area (Å²) in [6, 6.07) is 7.82. The van der Waals surface area contributed by atoms with Crippen LogP contribution >= 0.6 is 0 Å². The summed E-state index contributed by atoms with van der Waals surface area (Å²) < 4.78 is 0. The van der Waals surface area contributed by atoms with Crippen LogP contribution < -0.4 is 0 Å². The van der Waals surface area contributed by atoms with Crippen molar-refractivity contribution in [3.63, 3.8) is 0 Å². The topological polar surface area (TPSA) is 117 Å². The van der Waals surface area contributed by atoms with Crippen LogP contribution in [-0.2, 0) is 9.59 Å². The van der Waals surface area contributed by atoms with Crippen molar-refractivity contribution in [2.75, 3.05) is 27.2 Å². The van der Waals surface area contributed by atoms with Gasteiger partial charge in [0.1, 0.15) is 5.76 Å². The smallest absolute Gasteiger partial charge is 0.295 e. The molecule has 9 nitrogen and oxygen atoms in total. The number of hydrogen-bond donors (Lipinski definition) is 1. The van der Waals surface area contributed by atoms with Crippen molar-refractivity contribution in [3.8, 4) is 0 Å². The van der Waals surface area contributed by atoms with Gasteiger partial charge in [-0.25, -0.2) is 0 Å². The summed E-state index contributed by atoms with van der Waals surface area (Å²) in [6.07, 6.45) is 3.77. The number of ketones is 1. The number of hydrogen-bond acceptors (Lipinski definition) is 7. The molecular formula is C21H22N4O5. The number of amides is 1. The number of aromatic nitrogens is 1. The van der Waals surface area contributed by atoms with Crippen LogP contribution in [0.25, 0.3) is 5.76 Å². The van der Waals surface area contributed by atoms with E-state index in [1.807, 2.05) is 19.0 Å². The predicted molar refractivity (Wildman–Crippen MR) is 110 cm³/mol. The number of carbonyl (C=O) groups is 2. The Kier molecular flexibility index (Phi) is 6.22. The molecule has 9 heteroatoms. The quantitative estimate of drug-likeness (QED) is 0.245. The third kappa shape index (κ3) is 4.20. The van der Waals surface area contributed by atoms with E-state index < -0.39 is 22.7 Å². The van der Waals surface area contributed by atoms with E-state index in [-0.39, 0.29) is 22.6 Å². The van der Waals surface area contributed by atoms with Gasteiger partial charge in [0, 0.05) is 36.6 Å². The standard InChI is InChI=1S/C21H22N4O5/c1-23(2)12-3-13-24-18(14-8-10-22-11-9-14)17(20(27)21(24)28)19(26)15-4-6-16(7-5-15)25(29)30/h4-11,18,26H,3,12-13H2,1-2H3/b19-17-. The van der Waals surface area contributed by atoms with Crippen LogP contribution in [0.1, 0.15) is 23.6 Å². The molecule has 1 fully saturated rings. The Morgan fingerprint density at radius 2 is 1.80 bits per heavy atom. The van der Waals surface area contributed by atoms with Crippen LogP contribution in [-0.4, -0.2) is 63.7 Å². The number of Topliss-reactive ketones (excluding diaryl/α,β-unsaturated/α-hetero) is 1. The van der Waals surface area contributed by atoms with Crippen molar-refractivity contribution in [1.29, 1.82) is 0 Å². The average molecular weight is 410 g/mol. The van der Waals surface area contributed by atoms with Gasteiger partial charge in [-0.15, -0.1) is 0 Å². The maximum Gasteiger partial charge on any atom is 0.295 e. The summed E-state index contributed by atoms with van der Waals surface area (Å²) in [5.74, 6) is -1.82. The number of aliphatic hydroxyl groups is 1. The maximum atomic E-state index is 12.8. The fourth-order valence-electron chi connectivity index (χ4n) is 3.46. The highest BCUT2D eigenvalue weighted by atomic mass is 16.6. The van der Waals surface area contributed by atoms with Gasteiger partial charge in [0.25, 0.3) is 17.4 Å². The summed E-state index contributed by atoms with van der Waals surface area (Å²) in [7, 11) is 3.84. The van der Waals surface area contributed by atoms with Crippen LogP contribution in [0.3, 0.4) is 0 Å². The summed E-state index contributed by atoms with van der Waals surface area (Å²) in [6.45, 7) is 1.07. The molecule has 1 aliphatic rings. The third-order valence-corrected chi connectivity index (χ3v) is 4.92. The number of non-ortho nitro benzene ring substituents is 1. The SMILES string of the molecule is CN(C)CCCN1C(=O)C(=O)/C(=C(\O)c2ccc([N+](=O)[O-])cc2)C1c1ccncc1. The van der Waals surface area contributed by atoms with Gasteiger partial charge in [-0.1, -0.05) is 0 Å². The number of likely N-dealkylation sites (tertiary alicyclic amines) is 1. The fraction of sp³-hybridized carbons (Fsp3) is 0.286. The summed E-state index contributed by atoms with van der Waals surface area (Å²) >= 11 is 0. The number of benzene rings is 1. The van der Waals surface area contributed by atoms with E-state index in [1.54, 1.807) is 24.5 Å². The second-order valence-corrected chi connectivity index (χ2v) is 7.23. The Balaban J connectivity index is 2.05. The van der Waals surface area contributed by atoms with E-state index in [1.165, 1.54) is 29.2 Å². The average Bonchev–Trinajstić information content (AvgIpc) is 2.98. The first kappa shape index (κ1) is 21.1. The Hall–Kier alpha value is -3.59. The molecule has 1 aromatic carbocycles. The summed E-state index contributed by atoms with van der Waals surface area (Å²) in [5, 5.41) is 21.8. The van der Waals surface area contributed by atoms with Gasteiger partial charge in [-0.3, -0.25) is 24.7 Å². The minimum Gasteiger partial charge on any atom is -0.507 e. The van der Waals surface area contributed by atoms with Crippen LogP contribution in [0, 0.1) is 10.1 Å². The zero-order valence-corrected chi connectivity index (χ0v) is 16.7. The Morgan fingerprint density at radius 1 is 1.17 bits per heavy atom. The first-order chi connectivity index (χ1) is 14.3. The van der Waals surface area contributed by atoms with Crippen LogP contribution in [0.15, 0.2) is 54.4 Å². The Bertz CT molecular complexity index is 986. The van der Waals surface area contributed by atoms with Gasteiger partial charge in [0.2, 0.25) is 0 Å². The molecule has 1 aromatic heterocycles. The monoisotopic (exact) mass is 410 g/mol. The molecule has 1 amide bonds. The number of nitrogens with zero attached hydrogens (tertiary/aromatic N) is 4. The largest absolute Gasteiger partial charge is 0.507 e. The normalized spacial score (nSPS) is 18.2. The van der Waals surface area contributed by atoms with Crippen molar-refractivity contribution in [2.24, 2.45) is 0 Å². The van der Waals surface area contributed by atoms with Crippen LogP contribution in [0.4, 0.5) is 5.69 Å². The van der Waals surface area contributed by atoms with Crippen LogP contribution in [0.5, 0.6) is 0 Å². The highest BCUT2D eigenvalue weighted by molar-refractivity contribution is 6.46. The molecule has 2 heterocycles. The molecule has 1 atom stereocenters. The minimum atomic E-state index is -0.780. The molecule has 3 rings (SSSR count). The zero-order chi connectivity index (χ0) is 21.8. The lowest BCUT2D eigenvalue weighted by Crippen LogP contribution is -2.32. The Morgan fingerprint density at radius 3 is 2.37 bits per heavy atom. The zero-order valence-electron chi connectivity index (χ0n) is 16.7. The molecular weight excluding hydrogens is 388 g/mol. The number of pyridine rings is 1. The summed E-state index contributed by atoms with van der Waals surface area (Å²) in [5.41, 5.74) is 0.703. The number of rotatable bonds is 7. The lowest BCUT2D eigenvalue weighted by Gasteiger charge is -2.25. The molecule has 1 saturated heterocycles. The second kappa shape index (κ2) is 8.83. The van der Waals surface area contributed by atoms with Gasteiger partial charge in [-0.2, -0.15) is 0 Å². The number of carbonyl (C=O) groups excluding carboxylic acids is 2. The number of nitro benzene ring substituents is 1. The van der Waals surface area contributed by atoms with Gasteiger partial charge >= 0.3 is 0 Å². The van der Waals surface area contributed by atoms with Crippen molar-refractivity contribution in [2.45, 2.75) is 12.5 Å². The molecule has 156 valence electrons. The van der Waals surface area contributed by atoms with Gasteiger partial charge in [0.15, 0.2) is 0 Å². The van der Waals surface area contributed by atoms with Gasteiger partial charge in [0.05, 0.1) is 16.5 Å². The number of nitro groups is 1. The van der Waals surface area contributed by atoms with E-state index >= 15 is 0 Å². The third-order valence-electron chi connectivity index (χ3n) is 4.92. The molecule has 1 aliphatic heterocycles. The molecule has 0 saturated carbocycles. The molecule has 0 radical (unpaired) electrons. The van der Waals surface area contributed by atoms with E-state index in [0.29, 0.717) is 18.5 Å². The highest BCUT2D eigenvalue weighted by Gasteiger charge is 2.45. The predicted octanol–water partition coefficient (Wildman–Crippen LogP) is 2.36. The first-order valence-corrected chi connectivity index (χ1v) is 9.39. The molecule has 1 unspecified atom stereocenters. The van der Waals surface area contributed by atoms with Gasteiger partial charge < -0.3 is 14.9 Å². The van der Waals surface area contributed by atoms with Crippen molar-refractivity contribution >= 4 is 23.1 Å². The summed E-state index contributed by atoms with van der Waals surface area (Å²) in [4.78, 5) is 43.4. The van der Waals surface area contributed by atoms with E-state index in [2.05, 4.69) is 4.98 Å². The fourth-order valence-corrected chi connectivity index (χ4v) is 3.46. The van der Waals surface area contributed by atoms with Crippen molar-refractivity contribution in [3.05, 3.63) is 75.6 Å². The Labute approximate surface area is 173 Å². The van der Waals surface area contributed by atoms with E-state index in [4.69, 9.17) is 0 Å². The van der Waals surface area contributed by atoms with Crippen molar-refractivity contribution < 1.29 is 19.6 Å². The molecule has 0 aliphatic carbocycles. The first-order valence-electron chi connectivity index (χ1n) is 9.39. The number of aliphatic hydroxyl groups excluding tert-OH is 1. The molecule has 0 spiro atoms. The van der Waals surface area contributed by atoms with E-state index in [9.17, 15) is 24.8 Å². The van der Waals surface area contributed by atoms with Gasteiger partial charge in [-0.05, 0) is 56.9 Å². The highest BCUT2D eigenvalue weighted by Crippen LogP contribution is 2.39. The van der Waals surface area contributed by atoms with E-state index in [0.717, 1.165) is 6.54 Å². The second-order valence-electron chi connectivity index (χ2n) is 7.23. The molecule has 30 heavy (non-hydrogen) atoms. The van der Waals surface area contributed by atoms with Crippen molar-refractivity contribution in [1.82, 2.24) is 14.8 Å². The molecule has 0 bridgehead atoms. The molecule has 2 aromatic rings.